The van der Waals surface area contributed by atoms with Crippen molar-refractivity contribution in [2.75, 3.05) is 13.6 Å². The van der Waals surface area contributed by atoms with E-state index in [1.54, 1.807) is 31.5 Å². The molecule has 2 aromatic carbocycles. The SMILES string of the molecule is CCN(C)/C=N/c1cc(Cl)c(C(=O)OCc2ccc(F)cc2C)cc1C. The minimum atomic E-state index is -0.525. The first-order chi connectivity index (χ1) is 12.3. The fraction of sp³-hybridized carbons (Fsp3) is 0.300. The summed E-state index contributed by atoms with van der Waals surface area (Å²) in [5.74, 6) is -0.843. The number of hydrogen-bond donors (Lipinski definition) is 0. The highest BCUT2D eigenvalue weighted by Gasteiger charge is 2.15. The van der Waals surface area contributed by atoms with Gasteiger partial charge in [-0.25, -0.2) is 14.2 Å². The van der Waals surface area contributed by atoms with E-state index in [-0.39, 0.29) is 23.0 Å². The van der Waals surface area contributed by atoms with E-state index in [0.29, 0.717) is 5.69 Å². The van der Waals surface area contributed by atoms with Crippen LogP contribution in [0, 0.1) is 19.7 Å². The third-order valence-corrected chi connectivity index (χ3v) is 4.37. The topological polar surface area (TPSA) is 41.9 Å². The Hall–Kier alpha value is -2.40. The number of rotatable bonds is 6. The van der Waals surface area contributed by atoms with Gasteiger partial charge in [-0.1, -0.05) is 17.7 Å². The van der Waals surface area contributed by atoms with Gasteiger partial charge < -0.3 is 9.64 Å². The maximum atomic E-state index is 13.1. The van der Waals surface area contributed by atoms with E-state index in [9.17, 15) is 9.18 Å². The molecule has 0 aliphatic carbocycles. The number of halogens is 2. The van der Waals surface area contributed by atoms with Gasteiger partial charge in [0.25, 0.3) is 0 Å². The number of aliphatic imine (C=N–C) groups is 1. The molecule has 138 valence electrons. The van der Waals surface area contributed by atoms with Gasteiger partial charge in [-0.05, 0) is 61.7 Å². The molecule has 2 rings (SSSR count). The average Bonchev–Trinajstić information content (AvgIpc) is 2.60. The van der Waals surface area contributed by atoms with Crippen LogP contribution >= 0.6 is 11.6 Å². The fourth-order valence-corrected chi connectivity index (χ4v) is 2.49. The van der Waals surface area contributed by atoms with E-state index in [4.69, 9.17) is 16.3 Å². The lowest BCUT2D eigenvalue weighted by atomic mass is 10.1. The van der Waals surface area contributed by atoms with Gasteiger partial charge in [0.05, 0.1) is 22.6 Å². The predicted molar refractivity (Wildman–Crippen MR) is 103 cm³/mol. The Kier molecular flexibility index (Phi) is 6.75. The van der Waals surface area contributed by atoms with Crippen molar-refractivity contribution in [2.24, 2.45) is 4.99 Å². The molecule has 26 heavy (non-hydrogen) atoms. The zero-order chi connectivity index (χ0) is 19.3. The van der Waals surface area contributed by atoms with E-state index in [2.05, 4.69) is 4.99 Å². The van der Waals surface area contributed by atoms with E-state index in [0.717, 1.165) is 23.2 Å². The molecule has 2 aromatic rings. The second kappa shape index (κ2) is 8.81. The molecule has 0 heterocycles. The van der Waals surface area contributed by atoms with Gasteiger partial charge >= 0.3 is 5.97 Å². The quantitative estimate of drug-likeness (QED) is 0.402. The number of benzene rings is 2. The van der Waals surface area contributed by atoms with Crippen LogP contribution in [0.4, 0.5) is 10.1 Å². The number of carbonyl (C=O) groups excluding carboxylic acids is 1. The van der Waals surface area contributed by atoms with Crippen LogP contribution in [0.15, 0.2) is 35.3 Å². The number of ether oxygens (including phenoxy) is 1. The van der Waals surface area contributed by atoms with Gasteiger partial charge in [0.2, 0.25) is 0 Å². The summed E-state index contributed by atoms with van der Waals surface area (Å²) < 4.78 is 18.5. The summed E-state index contributed by atoms with van der Waals surface area (Å²) in [6.45, 7) is 6.54. The van der Waals surface area contributed by atoms with Crippen LogP contribution in [0.1, 0.15) is 34.0 Å². The molecule has 0 fully saturated rings. The molecule has 0 amide bonds. The molecular formula is C20H22ClFN2O2. The predicted octanol–water partition coefficient (Wildman–Crippen LogP) is 5.06. The summed E-state index contributed by atoms with van der Waals surface area (Å²) in [7, 11) is 1.92. The third-order valence-electron chi connectivity index (χ3n) is 4.06. The van der Waals surface area contributed by atoms with Crippen molar-refractivity contribution in [3.8, 4) is 0 Å². The molecule has 0 radical (unpaired) electrons. The molecule has 4 nitrogen and oxygen atoms in total. The maximum absolute atomic E-state index is 13.1. The van der Waals surface area contributed by atoms with Crippen LogP contribution in [0.3, 0.4) is 0 Å². The minimum Gasteiger partial charge on any atom is -0.457 e. The van der Waals surface area contributed by atoms with Gasteiger partial charge in [0.15, 0.2) is 0 Å². The van der Waals surface area contributed by atoms with E-state index < -0.39 is 5.97 Å². The highest BCUT2D eigenvalue weighted by molar-refractivity contribution is 6.33. The van der Waals surface area contributed by atoms with Crippen molar-refractivity contribution < 1.29 is 13.9 Å². The molecule has 0 spiro atoms. The Balaban J connectivity index is 2.13. The molecule has 0 aliphatic heterocycles. The van der Waals surface area contributed by atoms with Crippen molar-refractivity contribution in [1.29, 1.82) is 0 Å². The Morgan fingerprint density at radius 1 is 1.27 bits per heavy atom. The van der Waals surface area contributed by atoms with Gasteiger partial charge in [-0.15, -0.1) is 0 Å². The smallest absolute Gasteiger partial charge is 0.339 e. The second-order valence-corrected chi connectivity index (χ2v) is 6.49. The largest absolute Gasteiger partial charge is 0.457 e. The molecule has 0 atom stereocenters. The molecule has 0 saturated carbocycles. The summed E-state index contributed by atoms with van der Waals surface area (Å²) >= 11 is 6.24. The lowest BCUT2D eigenvalue weighted by Crippen LogP contribution is -2.14. The molecule has 0 bridgehead atoms. The van der Waals surface area contributed by atoms with Crippen molar-refractivity contribution in [3.63, 3.8) is 0 Å². The van der Waals surface area contributed by atoms with Crippen molar-refractivity contribution >= 4 is 29.6 Å². The summed E-state index contributed by atoms with van der Waals surface area (Å²) in [5, 5.41) is 0.280. The summed E-state index contributed by atoms with van der Waals surface area (Å²) in [4.78, 5) is 18.7. The monoisotopic (exact) mass is 376 g/mol. The summed E-state index contributed by atoms with van der Waals surface area (Å²) in [6, 6.07) is 7.66. The maximum Gasteiger partial charge on any atom is 0.339 e. The zero-order valence-electron chi connectivity index (χ0n) is 15.3. The van der Waals surface area contributed by atoms with Crippen LogP contribution in [-0.4, -0.2) is 30.8 Å². The summed E-state index contributed by atoms with van der Waals surface area (Å²) in [5.41, 5.74) is 3.27. The number of hydrogen-bond acceptors (Lipinski definition) is 3. The number of aryl methyl sites for hydroxylation is 2. The first-order valence-electron chi connectivity index (χ1n) is 8.28. The zero-order valence-corrected chi connectivity index (χ0v) is 16.1. The van der Waals surface area contributed by atoms with Crippen molar-refractivity contribution in [2.45, 2.75) is 27.4 Å². The highest BCUT2D eigenvalue weighted by Crippen LogP contribution is 2.28. The Labute approximate surface area is 158 Å². The van der Waals surface area contributed by atoms with E-state index in [1.165, 1.54) is 12.1 Å². The van der Waals surface area contributed by atoms with Gasteiger partial charge in [0.1, 0.15) is 12.4 Å². The van der Waals surface area contributed by atoms with Gasteiger partial charge in [0, 0.05) is 13.6 Å². The lowest BCUT2D eigenvalue weighted by Gasteiger charge is -2.11. The fourth-order valence-electron chi connectivity index (χ4n) is 2.25. The summed E-state index contributed by atoms with van der Waals surface area (Å²) in [6.07, 6.45) is 1.72. The molecule has 0 saturated heterocycles. The van der Waals surface area contributed by atoms with E-state index in [1.807, 2.05) is 25.8 Å². The number of carbonyl (C=O) groups is 1. The van der Waals surface area contributed by atoms with Crippen LogP contribution < -0.4 is 0 Å². The molecule has 0 aliphatic rings. The second-order valence-electron chi connectivity index (χ2n) is 6.08. The highest BCUT2D eigenvalue weighted by atomic mass is 35.5. The normalized spacial score (nSPS) is 11.0. The Morgan fingerprint density at radius 3 is 2.65 bits per heavy atom. The molecular weight excluding hydrogens is 355 g/mol. The molecule has 0 aromatic heterocycles. The van der Waals surface area contributed by atoms with Crippen molar-refractivity contribution in [3.05, 3.63) is 63.4 Å². The Morgan fingerprint density at radius 2 is 2.00 bits per heavy atom. The molecule has 0 unspecified atom stereocenters. The molecule has 0 N–H and O–H groups in total. The third kappa shape index (κ3) is 5.05. The van der Waals surface area contributed by atoms with Crippen LogP contribution in [0.5, 0.6) is 0 Å². The standard InChI is InChI=1S/C20H22ClFN2O2/c1-5-24(4)12-23-19-10-18(21)17(9-14(19)3)20(25)26-11-15-6-7-16(22)8-13(15)2/h6-10,12H,5,11H2,1-4H3/b23-12+. The first kappa shape index (κ1) is 19.9. The lowest BCUT2D eigenvalue weighted by molar-refractivity contribution is 0.0472. The van der Waals surface area contributed by atoms with Crippen molar-refractivity contribution in [1.82, 2.24) is 4.90 Å². The van der Waals surface area contributed by atoms with Gasteiger partial charge in [-0.2, -0.15) is 0 Å². The molecule has 6 heteroatoms. The van der Waals surface area contributed by atoms with Crippen LogP contribution in [0.25, 0.3) is 0 Å². The van der Waals surface area contributed by atoms with Gasteiger partial charge in [-0.3, -0.25) is 0 Å². The number of esters is 1. The van der Waals surface area contributed by atoms with Crippen LogP contribution in [-0.2, 0) is 11.3 Å². The Bertz CT molecular complexity index is 837. The van der Waals surface area contributed by atoms with Crippen LogP contribution in [0.2, 0.25) is 5.02 Å². The number of nitrogens with zero attached hydrogens (tertiary/aromatic N) is 2. The first-order valence-corrected chi connectivity index (χ1v) is 8.66. The van der Waals surface area contributed by atoms with E-state index >= 15 is 0 Å². The average molecular weight is 377 g/mol. The minimum absolute atomic E-state index is 0.0571.